The third-order valence-corrected chi connectivity index (χ3v) is 4.64. The van der Waals surface area contributed by atoms with E-state index in [0.717, 1.165) is 42.4 Å². The van der Waals surface area contributed by atoms with Gasteiger partial charge < -0.3 is 10.4 Å². The van der Waals surface area contributed by atoms with Crippen molar-refractivity contribution in [2.24, 2.45) is 5.92 Å². The molecule has 0 heterocycles. The van der Waals surface area contributed by atoms with Gasteiger partial charge in [0.1, 0.15) is 6.04 Å². The summed E-state index contributed by atoms with van der Waals surface area (Å²) in [5, 5.41) is 12.2. The number of hydrogen-bond donors (Lipinski definition) is 2. The summed E-state index contributed by atoms with van der Waals surface area (Å²) in [6.07, 6.45) is 5.39. The summed E-state index contributed by atoms with van der Waals surface area (Å²) < 4.78 is 0. The lowest BCUT2D eigenvalue weighted by atomic mass is 9.88. The van der Waals surface area contributed by atoms with Crippen LogP contribution in [0, 0.1) is 19.8 Å². The molecule has 0 spiro atoms. The van der Waals surface area contributed by atoms with E-state index >= 15 is 0 Å². The summed E-state index contributed by atoms with van der Waals surface area (Å²) >= 11 is 0. The number of benzene rings is 1. The van der Waals surface area contributed by atoms with Crippen molar-refractivity contribution in [1.29, 1.82) is 0 Å². The second kappa shape index (κ2) is 7.43. The summed E-state index contributed by atoms with van der Waals surface area (Å²) in [7, 11) is 0. The first kappa shape index (κ1) is 16.5. The Morgan fingerprint density at radius 3 is 2.32 bits per heavy atom. The molecule has 0 bridgehead atoms. The Labute approximate surface area is 131 Å². The van der Waals surface area contributed by atoms with Crippen molar-refractivity contribution >= 4 is 11.9 Å². The summed E-state index contributed by atoms with van der Waals surface area (Å²) in [6.45, 7) is 3.95. The van der Waals surface area contributed by atoms with Crippen LogP contribution in [0.1, 0.15) is 48.8 Å². The van der Waals surface area contributed by atoms with Gasteiger partial charge in [-0.05, 0) is 43.4 Å². The van der Waals surface area contributed by atoms with Crippen LogP contribution in [0.2, 0.25) is 0 Å². The number of amides is 1. The van der Waals surface area contributed by atoms with Crippen LogP contribution >= 0.6 is 0 Å². The van der Waals surface area contributed by atoms with Crippen molar-refractivity contribution in [2.75, 3.05) is 0 Å². The van der Waals surface area contributed by atoms with Gasteiger partial charge in [0.15, 0.2) is 0 Å². The first-order valence-electron chi connectivity index (χ1n) is 8.07. The molecule has 1 aromatic carbocycles. The zero-order valence-corrected chi connectivity index (χ0v) is 13.4. The van der Waals surface area contributed by atoms with E-state index in [0.29, 0.717) is 6.42 Å². The maximum Gasteiger partial charge on any atom is 0.326 e. The highest BCUT2D eigenvalue weighted by atomic mass is 16.4. The molecule has 1 atom stereocenters. The molecular weight excluding hydrogens is 278 g/mol. The van der Waals surface area contributed by atoms with Crippen molar-refractivity contribution < 1.29 is 14.7 Å². The average Bonchev–Trinajstić information content (AvgIpc) is 2.50. The van der Waals surface area contributed by atoms with Crippen LogP contribution in [0.4, 0.5) is 0 Å². The zero-order chi connectivity index (χ0) is 16.1. The highest BCUT2D eigenvalue weighted by Gasteiger charge is 2.27. The molecule has 2 N–H and O–H groups in total. The normalized spacial score (nSPS) is 17.0. The van der Waals surface area contributed by atoms with Gasteiger partial charge in [0, 0.05) is 12.3 Å². The van der Waals surface area contributed by atoms with Crippen molar-refractivity contribution in [3.8, 4) is 0 Å². The Kier molecular flexibility index (Phi) is 5.58. The number of carbonyl (C=O) groups is 2. The van der Waals surface area contributed by atoms with Crippen LogP contribution in [0.5, 0.6) is 0 Å². The van der Waals surface area contributed by atoms with Gasteiger partial charge in [-0.25, -0.2) is 4.79 Å². The molecule has 1 saturated carbocycles. The Bertz CT molecular complexity index is 527. The number of nitrogens with one attached hydrogen (secondary N) is 1. The van der Waals surface area contributed by atoms with E-state index < -0.39 is 12.0 Å². The molecule has 1 aliphatic carbocycles. The fraction of sp³-hybridized carbons (Fsp3) is 0.556. The molecule has 1 amide bonds. The van der Waals surface area contributed by atoms with Crippen LogP contribution in [0.25, 0.3) is 0 Å². The first-order valence-corrected chi connectivity index (χ1v) is 8.07. The lowest BCUT2D eigenvalue weighted by Crippen LogP contribution is -2.45. The lowest BCUT2D eigenvalue weighted by molar-refractivity contribution is -0.142. The molecular formula is C18H25NO3. The fourth-order valence-electron chi connectivity index (χ4n) is 3.23. The quantitative estimate of drug-likeness (QED) is 0.878. The monoisotopic (exact) mass is 303 g/mol. The number of carboxylic acid groups (broad SMARTS) is 1. The van der Waals surface area contributed by atoms with Crippen LogP contribution in [0.15, 0.2) is 18.2 Å². The van der Waals surface area contributed by atoms with E-state index in [1.165, 1.54) is 6.42 Å². The van der Waals surface area contributed by atoms with Gasteiger partial charge >= 0.3 is 5.97 Å². The van der Waals surface area contributed by atoms with E-state index in [1.54, 1.807) is 0 Å². The lowest BCUT2D eigenvalue weighted by Gasteiger charge is -2.24. The zero-order valence-electron chi connectivity index (χ0n) is 13.4. The smallest absolute Gasteiger partial charge is 0.326 e. The standard InChI is InChI=1S/C18H25NO3/c1-12-7-6-8-13(2)15(12)11-16(18(21)22)19-17(20)14-9-4-3-5-10-14/h6-8,14,16H,3-5,9-11H2,1-2H3,(H,19,20)(H,21,22)/t16-/m0/s1. The van der Waals surface area contributed by atoms with Gasteiger partial charge in [0.25, 0.3) is 0 Å². The second-order valence-corrected chi connectivity index (χ2v) is 6.31. The van der Waals surface area contributed by atoms with Crippen molar-refractivity contribution in [1.82, 2.24) is 5.32 Å². The van der Waals surface area contributed by atoms with E-state index in [1.807, 2.05) is 32.0 Å². The number of carboxylic acids is 1. The third-order valence-electron chi connectivity index (χ3n) is 4.64. The number of rotatable bonds is 5. The molecule has 4 nitrogen and oxygen atoms in total. The van der Waals surface area contributed by atoms with Crippen molar-refractivity contribution in [3.63, 3.8) is 0 Å². The average molecular weight is 303 g/mol. The molecule has 120 valence electrons. The molecule has 0 radical (unpaired) electrons. The minimum absolute atomic E-state index is 0.0198. The van der Waals surface area contributed by atoms with Gasteiger partial charge in [-0.2, -0.15) is 0 Å². The summed E-state index contributed by atoms with van der Waals surface area (Å²) in [5.41, 5.74) is 3.15. The fourth-order valence-corrected chi connectivity index (χ4v) is 3.23. The second-order valence-electron chi connectivity index (χ2n) is 6.31. The minimum Gasteiger partial charge on any atom is -0.480 e. The summed E-state index contributed by atoms with van der Waals surface area (Å²) in [6, 6.07) is 5.06. The van der Waals surface area contributed by atoms with Gasteiger partial charge in [-0.1, -0.05) is 37.5 Å². The Balaban J connectivity index is 2.07. The van der Waals surface area contributed by atoms with Gasteiger partial charge in [0.2, 0.25) is 5.91 Å². The van der Waals surface area contributed by atoms with Crippen LogP contribution in [-0.2, 0) is 16.0 Å². The van der Waals surface area contributed by atoms with E-state index in [2.05, 4.69) is 5.32 Å². The van der Waals surface area contributed by atoms with Crippen LogP contribution in [-0.4, -0.2) is 23.0 Å². The number of hydrogen-bond acceptors (Lipinski definition) is 2. The molecule has 0 unspecified atom stereocenters. The summed E-state index contributed by atoms with van der Waals surface area (Å²) in [5.74, 6) is -1.08. The molecule has 1 aliphatic rings. The first-order chi connectivity index (χ1) is 10.5. The molecule has 0 saturated heterocycles. The van der Waals surface area contributed by atoms with Gasteiger partial charge in [-0.3, -0.25) is 4.79 Å². The maximum absolute atomic E-state index is 12.3. The largest absolute Gasteiger partial charge is 0.480 e. The number of carbonyl (C=O) groups excluding carboxylic acids is 1. The van der Waals surface area contributed by atoms with E-state index in [9.17, 15) is 14.7 Å². The summed E-state index contributed by atoms with van der Waals surface area (Å²) in [4.78, 5) is 23.8. The maximum atomic E-state index is 12.3. The van der Waals surface area contributed by atoms with Crippen LogP contribution in [0.3, 0.4) is 0 Å². The topological polar surface area (TPSA) is 66.4 Å². The Hall–Kier alpha value is -1.84. The van der Waals surface area contributed by atoms with Crippen molar-refractivity contribution in [3.05, 3.63) is 34.9 Å². The van der Waals surface area contributed by atoms with Crippen molar-refractivity contribution in [2.45, 2.75) is 58.4 Å². The molecule has 1 aromatic rings. The SMILES string of the molecule is Cc1cccc(C)c1C[C@H](NC(=O)C1CCCCC1)C(=O)O. The molecule has 0 aromatic heterocycles. The van der Waals surface area contributed by atoms with E-state index in [4.69, 9.17) is 0 Å². The predicted molar refractivity (Wildman–Crippen MR) is 85.8 cm³/mol. The highest BCUT2D eigenvalue weighted by Crippen LogP contribution is 2.24. The molecule has 1 fully saturated rings. The number of aryl methyl sites for hydroxylation is 2. The molecule has 22 heavy (non-hydrogen) atoms. The Morgan fingerprint density at radius 1 is 1.18 bits per heavy atom. The minimum atomic E-state index is -0.966. The number of aliphatic carboxylic acids is 1. The third kappa shape index (κ3) is 4.09. The van der Waals surface area contributed by atoms with Crippen LogP contribution < -0.4 is 5.32 Å². The highest BCUT2D eigenvalue weighted by molar-refractivity contribution is 5.85. The van der Waals surface area contributed by atoms with E-state index in [-0.39, 0.29) is 11.8 Å². The Morgan fingerprint density at radius 2 is 1.77 bits per heavy atom. The molecule has 2 rings (SSSR count). The molecule has 4 heteroatoms. The molecule has 0 aliphatic heterocycles. The van der Waals surface area contributed by atoms with Gasteiger partial charge in [-0.15, -0.1) is 0 Å². The predicted octanol–water partition coefficient (Wildman–Crippen LogP) is 3.00. The van der Waals surface area contributed by atoms with Gasteiger partial charge in [0.05, 0.1) is 0 Å².